The Labute approximate surface area is 128 Å². The number of aryl methyl sites for hydroxylation is 1. The van der Waals surface area contributed by atoms with Crippen molar-refractivity contribution in [2.24, 2.45) is 0 Å². The van der Waals surface area contributed by atoms with Crippen LogP contribution in [0.15, 0.2) is 42.7 Å². The number of ether oxygens (including phenoxy) is 1. The molecule has 3 aromatic rings. The third-order valence-corrected chi connectivity index (χ3v) is 3.61. The van der Waals surface area contributed by atoms with Gasteiger partial charge in [-0.15, -0.1) is 11.6 Å². The van der Waals surface area contributed by atoms with Gasteiger partial charge >= 0.3 is 0 Å². The summed E-state index contributed by atoms with van der Waals surface area (Å²) in [6.45, 7) is 0.726. The van der Waals surface area contributed by atoms with Crippen LogP contribution in [0.2, 0.25) is 0 Å². The summed E-state index contributed by atoms with van der Waals surface area (Å²) in [6, 6.07) is 9.96. The van der Waals surface area contributed by atoms with Crippen LogP contribution in [0.1, 0.15) is 11.4 Å². The van der Waals surface area contributed by atoms with Crippen molar-refractivity contribution in [2.45, 2.75) is 13.0 Å². The number of imidazole rings is 1. The molecule has 5 heteroatoms. The van der Waals surface area contributed by atoms with Gasteiger partial charge in [0.05, 0.1) is 19.2 Å². The number of para-hydroxylation sites is 1. The van der Waals surface area contributed by atoms with Crippen molar-refractivity contribution < 1.29 is 4.74 Å². The Morgan fingerprint density at radius 1 is 1.24 bits per heavy atom. The molecule has 2 heterocycles. The predicted molar refractivity (Wildman–Crippen MR) is 84.0 cm³/mol. The van der Waals surface area contributed by atoms with Gasteiger partial charge in [-0.2, -0.15) is 0 Å². The predicted octanol–water partition coefficient (Wildman–Crippen LogP) is 3.27. The molecule has 108 valence electrons. The van der Waals surface area contributed by atoms with Crippen molar-refractivity contribution in [1.29, 1.82) is 0 Å². The van der Waals surface area contributed by atoms with Crippen LogP contribution in [0.3, 0.4) is 0 Å². The van der Waals surface area contributed by atoms with Crippen molar-refractivity contribution in [3.05, 3.63) is 54.1 Å². The van der Waals surface area contributed by atoms with E-state index in [2.05, 4.69) is 21.7 Å². The van der Waals surface area contributed by atoms with Crippen molar-refractivity contribution in [3.63, 3.8) is 0 Å². The van der Waals surface area contributed by atoms with Crippen LogP contribution in [0.25, 0.3) is 11.0 Å². The van der Waals surface area contributed by atoms with Gasteiger partial charge in [0.1, 0.15) is 17.1 Å². The van der Waals surface area contributed by atoms with Gasteiger partial charge in [0.15, 0.2) is 0 Å². The van der Waals surface area contributed by atoms with Gasteiger partial charge < -0.3 is 9.30 Å². The quantitative estimate of drug-likeness (QED) is 0.679. The van der Waals surface area contributed by atoms with Crippen LogP contribution in [0.5, 0.6) is 5.75 Å². The second kappa shape index (κ2) is 6.14. The largest absolute Gasteiger partial charge is 0.494 e. The lowest BCUT2D eigenvalue weighted by Gasteiger charge is -2.08. The van der Waals surface area contributed by atoms with Crippen LogP contribution in [-0.4, -0.2) is 27.5 Å². The number of nitrogens with zero attached hydrogens (tertiary/aromatic N) is 3. The smallest absolute Gasteiger partial charge is 0.146 e. The fourth-order valence-corrected chi connectivity index (χ4v) is 2.63. The van der Waals surface area contributed by atoms with E-state index < -0.39 is 0 Å². The molecule has 0 atom stereocenters. The van der Waals surface area contributed by atoms with Gasteiger partial charge in [-0.25, -0.2) is 4.98 Å². The Bertz CT molecular complexity index is 740. The minimum Gasteiger partial charge on any atom is -0.494 e. The number of pyridine rings is 1. The van der Waals surface area contributed by atoms with E-state index in [-0.39, 0.29) is 0 Å². The highest BCUT2D eigenvalue weighted by atomic mass is 35.5. The molecule has 3 rings (SSSR count). The maximum atomic E-state index is 5.92. The summed E-state index contributed by atoms with van der Waals surface area (Å²) in [6.07, 6.45) is 4.37. The van der Waals surface area contributed by atoms with E-state index in [0.717, 1.165) is 41.1 Å². The molecule has 21 heavy (non-hydrogen) atoms. The average molecular weight is 302 g/mol. The maximum absolute atomic E-state index is 5.92. The summed E-state index contributed by atoms with van der Waals surface area (Å²) < 4.78 is 7.58. The van der Waals surface area contributed by atoms with Gasteiger partial charge in [0.25, 0.3) is 0 Å². The molecule has 4 nitrogen and oxygen atoms in total. The van der Waals surface area contributed by atoms with Gasteiger partial charge in [-0.3, -0.25) is 4.98 Å². The van der Waals surface area contributed by atoms with Gasteiger partial charge in [0, 0.05) is 24.7 Å². The molecule has 0 saturated heterocycles. The fourth-order valence-electron chi connectivity index (χ4n) is 2.46. The lowest BCUT2D eigenvalue weighted by atomic mass is 10.2. The molecule has 0 N–H and O–H groups in total. The molecule has 0 spiro atoms. The van der Waals surface area contributed by atoms with Gasteiger partial charge in [-0.1, -0.05) is 12.1 Å². The van der Waals surface area contributed by atoms with Crippen LogP contribution in [-0.2, 0) is 13.0 Å². The van der Waals surface area contributed by atoms with Crippen LogP contribution in [0, 0.1) is 0 Å². The Kier molecular flexibility index (Phi) is 4.06. The van der Waals surface area contributed by atoms with Gasteiger partial charge in [0.2, 0.25) is 0 Å². The minimum atomic E-state index is 0.540. The number of fused-ring (bicyclic) bond motifs is 1. The summed E-state index contributed by atoms with van der Waals surface area (Å²) in [5, 5.41) is 0. The third kappa shape index (κ3) is 2.72. The molecule has 2 aromatic heterocycles. The molecule has 0 radical (unpaired) electrons. The Morgan fingerprint density at radius 2 is 2.14 bits per heavy atom. The van der Waals surface area contributed by atoms with Gasteiger partial charge in [-0.05, 0) is 23.8 Å². The van der Waals surface area contributed by atoms with E-state index in [1.54, 1.807) is 13.3 Å². The fraction of sp³-hybridized carbons (Fsp3) is 0.250. The molecule has 0 amide bonds. The molecule has 0 fully saturated rings. The lowest BCUT2D eigenvalue weighted by molar-refractivity contribution is 0.419. The van der Waals surface area contributed by atoms with E-state index >= 15 is 0 Å². The summed E-state index contributed by atoms with van der Waals surface area (Å²) in [7, 11) is 1.66. The molecular weight excluding hydrogens is 286 g/mol. The number of methoxy groups -OCH3 is 1. The SMILES string of the molecule is COc1cccc2c1nc(CCCl)n2Cc1cccnc1. The molecular formula is C16H16ClN3O. The van der Waals surface area contributed by atoms with Crippen molar-refractivity contribution >= 4 is 22.6 Å². The van der Waals surface area contributed by atoms with Crippen molar-refractivity contribution in [1.82, 2.24) is 14.5 Å². The van der Waals surface area contributed by atoms with E-state index in [9.17, 15) is 0 Å². The molecule has 0 unspecified atom stereocenters. The highest BCUT2D eigenvalue weighted by molar-refractivity contribution is 6.17. The second-order valence-electron chi connectivity index (χ2n) is 4.74. The van der Waals surface area contributed by atoms with E-state index in [0.29, 0.717) is 5.88 Å². The Hall–Kier alpha value is -2.07. The average Bonchev–Trinajstić information content (AvgIpc) is 2.87. The summed E-state index contributed by atoms with van der Waals surface area (Å²) >= 11 is 5.92. The standard InChI is InChI=1S/C16H16ClN3O/c1-21-14-6-2-5-13-16(14)19-15(7-8-17)20(13)11-12-4-3-9-18-10-12/h2-6,9-10H,7-8,11H2,1H3. The van der Waals surface area contributed by atoms with Crippen molar-refractivity contribution in [3.8, 4) is 5.75 Å². The van der Waals surface area contributed by atoms with E-state index in [1.165, 1.54) is 0 Å². The zero-order chi connectivity index (χ0) is 14.7. The summed E-state index contributed by atoms with van der Waals surface area (Å²) in [5.41, 5.74) is 3.07. The maximum Gasteiger partial charge on any atom is 0.146 e. The molecule has 0 aliphatic carbocycles. The molecule has 1 aromatic carbocycles. The number of rotatable bonds is 5. The lowest BCUT2D eigenvalue weighted by Crippen LogP contribution is -2.06. The van der Waals surface area contributed by atoms with Crippen LogP contribution < -0.4 is 4.74 Å². The zero-order valence-electron chi connectivity index (χ0n) is 11.8. The second-order valence-corrected chi connectivity index (χ2v) is 5.12. The van der Waals surface area contributed by atoms with Crippen molar-refractivity contribution in [2.75, 3.05) is 13.0 Å². The molecule has 0 saturated carbocycles. The van der Waals surface area contributed by atoms with Crippen LogP contribution in [0.4, 0.5) is 0 Å². The van der Waals surface area contributed by atoms with Crippen LogP contribution >= 0.6 is 11.6 Å². The highest BCUT2D eigenvalue weighted by Gasteiger charge is 2.14. The summed E-state index contributed by atoms with van der Waals surface area (Å²) in [4.78, 5) is 8.87. The zero-order valence-corrected chi connectivity index (χ0v) is 12.5. The summed E-state index contributed by atoms with van der Waals surface area (Å²) in [5.74, 6) is 2.29. The first-order valence-corrected chi connectivity index (χ1v) is 7.34. The van der Waals surface area contributed by atoms with E-state index in [1.807, 2.05) is 24.4 Å². The monoisotopic (exact) mass is 301 g/mol. The molecule has 0 aliphatic rings. The third-order valence-electron chi connectivity index (χ3n) is 3.42. The molecule has 0 aliphatic heterocycles. The number of alkyl halides is 1. The topological polar surface area (TPSA) is 39.9 Å². The highest BCUT2D eigenvalue weighted by Crippen LogP contribution is 2.26. The number of hydrogen-bond donors (Lipinski definition) is 0. The number of halogens is 1. The number of benzene rings is 1. The number of aromatic nitrogens is 3. The first kappa shape index (κ1) is 13.9. The minimum absolute atomic E-state index is 0.540. The Morgan fingerprint density at radius 3 is 2.86 bits per heavy atom. The Balaban J connectivity index is 2.12. The number of hydrogen-bond acceptors (Lipinski definition) is 3. The first-order chi connectivity index (χ1) is 10.3. The molecule has 0 bridgehead atoms. The normalized spacial score (nSPS) is 11.0. The first-order valence-electron chi connectivity index (χ1n) is 6.80. The van der Waals surface area contributed by atoms with E-state index in [4.69, 9.17) is 21.3 Å².